The molecular formula is C27H31FN6O4. The second-order valence-corrected chi connectivity index (χ2v) is 10.1. The molecule has 1 fully saturated rings. The molecule has 2 aromatic heterocycles. The van der Waals surface area contributed by atoms with E-state index < -0.39 is 17.6 Å². The molecule has 3 N–H and O–H groups in total. The van der Waals surface area contributed by atoms with Crippen molar-refractivity contribution in [2.24, 2.45) is 11.8 Å². The van der Waals surface area contributed by atoms with E-state index in [1.165, 1.54) is 31.7 Å². The topological polar surface area (TPSA) is 127 Å². The molecule has 1 aliphatic carbocycles. The molecular weight excluding hydrogens is 491 g/mol. The van der Waals surface area contributed by atoms with Crippen molar-refractivity contribution < 1.29 is 23.5 Å². The fourth-order valence-corrected chi connectivity index (χ4v) is 5.18. The third kappa shape index (κ3) is 5.76. The van der Waals surface area contributed by atoms with E-state index in [4.69, 9.17) is 4.74 Å². The SMILES string of the molecule is CC(CCNC(=O)c1cc(C(=O)NCc2ccc3c(c2)NC(=O)CO3)nc2c(F)cnn12)CC1CCCC1. The molecule has 3 heterocycles. The summed E-state index contributed by atoms with van der Waals surface area (Å²) in [5.74, 6) is -0.202. The van der Waals surface area contributed by atoms with Crippen molar-refractivity contribution in [2.45, 2.75) is 52.0 Å². The summed E-state index contributed by atoms with van der Waals surface area (Å²) in [4.78, 5) is 41.6. The summed E-state index contributed by atoms with van der Waals surface area (Å²) >= 11 is 0. The lowest BCUT2D eigenvalue weighted by molar-refractivity contribution is -0.118. The van der Waals surface area contributed by atoms with Crippen LogP contribution < -0.4 is 20.7 Å². The van der Waals surface area contributed by atoms with Crippen molar-refractivity contribution in [3.8, 4) is 5.75 Å². The Balaban J connectivity index is 1.24. The van der Waals surface area contributed by atoms with Gasteiger partial charge in [0.1, 0.15) is 17.1 Å². The molecule has 1 unspecified atom stereocenters. The second-order valence-electron chi connectivity index (χ2n) is 10.1. The Labute approximate surface area is 219 Å². The number of rotatable bonds is 9. The van der Waals surface area contributed by atoms with Crippen LogP contribution in [0, 0.1) is 17.7 Å². The predicted octanol–water partition coefficient (Wildman–Crippen LogP) is 3.47. The molecule has 1 aliphatic heterocycles. The minimum Gasteiger partial charge on any atom is -0.482 e. The maximum atomic E-state index is 14.4. The minimum atomic E-state index is -0.732. The fourth-order valence-electron chi connectivity index (χ4n) is 5.18. The maximum absolute atomic E-state index is 14.4. The van der Waals surface area contributed by atoms with E-state index in [1.54, 1.807) is 18.2 Å². The van der Waals surface area contributed by atoms with Gasteiger partial charge in [-0.15, -0.1) is 0 Å². The first-order valence-electron chi connectivity index (χ1n) is 13.0. The smallest absolute Gasteiger partial charge is 0.270 e. The number of carbonyl (C=O) groups excluding carboxylic acids is 3. The number of nitrogens with zero attached hydrogens (tertiary/aromatic N) is 3. The number of anilines is 1. The highest BCUT2D eigenvalue weighted by molar-refractivity contribution is 5.98. The Bertz CT molecular complexity index is 1370. The van der Waals surface area contributed by atoms with Crippen molar-refractivity contribution in [2.75, 3.05) is 18.5 Å². The van der Waals surface area contributed by atoms with E-state index in [2.05, 4.69) is 33.0 Å². The minimum absolute atomic E-state index is 0.0288. The number of halogens is 1. The summed E-state index contributed by atoms with van der Waals surface area (Å²) in [6, 6.07) is 6.48. The van der Waals surface area contributed by atoms with Crippen LogP contribution in [0.3, 0.4) is 0 Å². The number of hydrogen-bond acceptors (Lipinski definition) is 6. The number of ether oxygens (including phenoxy) is 1. The zero-order valence-corrected chi connectivity index (χ0v) is 21.3. The van der Waals surface area contributed by atoms with Gasteiger partial charge in [-0.3, -0.25) is 14.4 Å². The number of fused-ring (bicyclic) bond motifs is 2. The largest absolute Gasteiger partial charge is 0.482 e. The summed E-state index contributed by atoms with van der Waals surface area (Å²) < 4.78 is 20.8. The number of amides is 3. The van der Waals surface area contributed by atoms with Crippen molar-refractivity contribution >= 4 is 29.1 Å². The highest BCUT2D eigenvalue weighted by atomic mass is 19.1. The molecule has 0 radical (unpaired) electrons. The van der Waals surface area contributed by atoms with E-state index in [0.29, 0.717) is 29.5 Å². The number of benzene rings is 1. The van der Waals surface area contributed by atoms with Gasteiger partial charge in [-0.25, -0.2) is 13.9 Å². The number of hydrogen-bond donors (Lipinski definition) is 3. The average Bonchev–Trinajstić information content (AvgIpc) is 3.56. The molecule has 0 bridgehead atoms. The van der Waals surface area contributed by atoms with E-state index in [-0.39, 0.29) is 36.1 Å². The quantitative estimate of drug-likeness (QED) is 0.395. The van der Waals surface area contributed by atoms with E-state index >= 15 is 0 Å². The second kappa shape index (κ2) is 11.2. The molecule has 38 heavy (non-hydrogen) atoms. The zero-order valence-electron chi connectivity index (χ0n) is 21.3. The van der Waals surface area contributed by atoms with Gasteiger partial charge in [0.15, 0.2) is 18.1 Å². The molecule has 1 aromatic carbocycles. The molecule has 10 nitrogen and oxygen atoms in total. The Morgan fingerprint density at radius 1 is 1.21 bits per heavy atom. The van der Waals surface area contributed by atoms with Crippen molar-refractivity contribution in [3.63, 3.8) is 0 Å². The molecule has 200 valence electrons. The van der Waals surface area contributed by atoms with Crippen molar-refractivity contribution in [3.05, 3.63) is 53.2 Å². The Kier molecular flexibility index (Phi) is 7.52. The van der Waals surface area contributed by atoms with Crippen LogP contribution in [0.15, 0.2) is 30.5 Å². The highest BCUT2D eigenvalue weighted by Gasteiger charge is 2.22. The Hall–Kier alpha value is -4.02. The zero-order chi connectivity index (χ0) is 26.6. The van der Waals surface area contributed by atoms with Gasteiger partial charge in [0.25, 0.3) is 17.7 Å². The van der Waals surface area contributed by atoms with Crippen LogP contribution in [0.1, 0.15) is 72.0 Å². The monoisotopic (exact) mass is 522 g/mol. The first kappa shape index (κ1) is 25.6. The van der Waals surface area contributed by atoms with Crippen LogP contribution in [0.2, 0.25) is 0 Å². The summed E-state index contributed by atoms with van der Waals surface area (Å²) in [7, 11) is 0. The number of aromatic nitrogens is 3. The fraction of sp³-hybridized carbons (Fsp3) is 0.444. The summed E-state index contributed by atoms with van der Waals surface area (Å²) in [5, 5.41) is 12.3. The van der Waals surface area contributed by atoms with Gasteiger partial charge in [0.2, 0.25) is 0 Å². The third-order valence-electron chi connectivity index (χ3n) is 7.16. The standard InChI is InChI=1S/C27H31FN6O4/c1-16(10-17-4-2-3-5-17)8-9-29-27(37)22-12-21(33-25-19(28)14-31-34(22)25)26(36)30-13-18-6-7-23-20(11-18)32-24(35)15-38-23/h6-7,11-12,14,16-17H,2-5,8-10,13,15H2,1H3,(H,29,37)(H,30,36)(H,32,35). The van der Waals surface area contributed by atoms with Crippen LogP contribution in [0.25, 0.3) is 5.65 Å². The molecule has 1 atom stereocenters. The van der Waals surface area contributed by atoms with Crippen molar-refractivity contribution in [1.82, 2.24) is 25.2 Å². The van der Waals surface area contributed by atoms with Crippen LogP contribution in [0.4, 0.5) is 10.1 Å². The molecule has 11 heteroatoms. The van der Waals surface area contributed by atoms with E-state index in [9.17, 15) is 18.8 Å². The predicted molar refractivity (Wildman–Crippen MR) is 137 cm³/mol. The summed E-state index contributed by atoms with van der Waals surface area (Å²) in [6.07, 6.45) is 8.16. The van der Waals surface area contributed by atoms with Gasteiger partial charge in [0.05, 0.1) is 11.9 Å². The molecule has 0 spiro atoms. The lowest BCUT2D eigenvalue weighted by atomic mass is 9.92. The van der Waals surface area contributed by atoms with Crippen LogP contribution in [0.5, 0.6) is 5.75 Å². The molecule has 3 amide bonds. The van der Waals surface area contributed by atoms with Gasteiger partial charge >= 0.3 is 0 Å². The Morgan fingerprint density at radius 3 is 2.84 bits per heavy atom. The summed E-state index contributed by atoms with van der Waals surface area (Å²) in [5.41, 5.74) is 0.952. The first-order chi connectivity index (χ1) is 18.4. The van der Waals surface area contributed by atoms with Gasteiger partial charge in [-0.1, -0.05) is 38.7 Å². The van der Waals surface area contributed by atoms with Gasteiger partial charge in [-0.05, 0) is 42.4 Å². The van der Waals surface area contributed by atoms with Gasteiger partial charge < -0.3 is 20.7 Å². The van der Waals surface area contributed by atoms with E-state index in [0.717, 1.165) is 29.5 Å². The normalized spacial score (nSPS) is 16.0. The van der Waals surface area contributed by atoms with Gasteiger partial charge in [0, 0.05) is 19.2 Å². The molecule has 0 saturated heterocycles. The van der Waals surface area contributed by atoms with Crippen LogP contribution in [-0.2, 0) is 11.3 Å². The summed E-state index contributed by atoms with van der Waals surface area (Å²) in [6.45, 7) is 2.75. The number of nitrogens with one attached hydrogen (secondary N) is 3. The van der Waals surface area contributed by atoms with Crippen molar-refractivity contribution in [1.29, 1.82) is 0 Å². The molecule has 5 rings (SSSR count). The maximum Gasteiger partial charge on any atom is 0.270 e. The Morgan fingerprint density at radius 2 is 2.03 bits per heavy atom. The molecule has 2 aliphatic rings. The average molecular weight is 523 g/mol. The van der Waals surface area contributed by atoms with E-state index in [1.807, 2.05) is 0 Å². The lowest BCUT2D eigenvalue weighted by Gasteiger charge is -2.18. The lowest BCUT2D eigenvalue weighted by Crippen LogP contribution is -2.30. The number of carbonyl (C=O) groups is 3. The third-order valence-corrected chi connectivity index (χ3v) is 7.16. The van der Waals surface area contributed by atoms with Crippen LogP contribution in [-0.4, -0.2) is 45.5 Å². The first-order valence-corrected chi connectivity index (χ1v) is 13.0. The molecule has 1 saturated carbocycles. The highest BCUT2D eigenvalue weighted by Crippen LogP contribution is 2.31. The van der Waals surface area contributed by atoms with Gasteiger partial charge in [-0.2, -0.15) is 5.10 Å². The molecule has 3 aromatic rings. The van der Waals surface area contributed by atoms with Crippen LogP contribution >= 0.6 is 0 Å².